The molecule has 3 N–H and O–H groups in total. The fourth-order valence-electron chi connectivity index (χ4n) is 1.14. The van der Waals surface area contributed by atoms with Crippen LogP contribution >= 0.6 is 11.3 Å². The minimum atomic E-state index is -0.0943. The van der Waals surface area contributed by atoms with Crippen LogP contribution in [-0.4, -0.2) is 12.5 Å². The summed E-state index contributed by atoms with van der Waals surface area (Å²) < 4.78 is 0. The average Bonchev–Trinajstić information content (AvgIpc) is 2.64. The summed E-state index contributed by atoms with van der Waals surface area (Å²) in [5, 5.41) is 4.62. The van der Waals surface area contributed by atoms with E-state index in [-0.39, 0.29) is 5.91 Å². The Morgan fingerprint density at radius 2 is 2.40 bits per heavy atom. The number of rotatable bonds is 5. The molecule has 1 rings (SSSR count). The number of amides is 1. The number of nitrogens with two attached hydrogens (primary N) is 1. The molecule has 80 valence electrons. The molecule has 1 aromatic heterocycles. The van der Waals surface area contributed by atoms with Gasteiger partial charge in [-0.05, 0) is 24.3 Å². The normalized spacial score (nSPS) is 9.53. The zero-order chi connectivity index (χ0) is 11.1. The summed E-state index contributed by atoms with van der Waals surface area (Å²) in [4.78, 5) is 12.1. The van der Waals surface area contributed by atoms with Gasteiger partial charge >= 0.3 is 0 Å². The molecule has 0 aliphatic heterocycles. The van der Waals surface area contributed by atoms with Gasteiger partial charge in [-0.3, -0.25) is 4.79 Å². The maximum Gasteiger partial charge on any atom is 0.263 e. The van der Waals surface area contributed by atoms with Gasteiger partial charge in [-0.15, -0.1) is 23.7 Å². The third kappa shape index (κ3) is 3.64. The number of carbonyl (C=O) groups excluding carboxylic acids is 1. The van der Waals surface area contributed by atoms with Crippen LogP contribution in [0.15, 0.2) is 11.4 Å². The smallest absolute Gasteiger partial charge is 0.263 e. The third-order valence-corrected chi connectivity index (χ3v) is 2.86. The van der Waals surface area contributed by atoms with Crippen molar-refractivity contribution in [2.75, 3.05) is 12.3 Å². The molecule has 0 saturated carbocycles. The molecule has 0 bridgehead atoms. The highest BCUT2D eigenvalue weighted by molar-refractivity contribution is 7.12. The molecule has 1 heterocycles. The van der Waals surface area contributed by atoms with E-state index in [9.17, 15) is 4.79 Å². The Bertz CT molecular complexity index is 365. The van der Waals surface area contributed by atoms with E-state index in [2.05, 4.69) is 11.2 Å². The summed E-state index contributed by atoms with van der Waals surface area (Å²) in [5.74, 6) is 2.47. The number of nitrogen functional groups attached to an aromatic ring is 1. The van der Waals surface area contributed by atoms with Gasteiger partial charge in [0.15, 0.2) is 0 Å². The first-order valence-electron chi connectivity index (χ1n) is 4.80. The predicted octanol–water partition coefficient (Wildman–Crippen LogP) is 1.86. The van der Waals surface area contributed by atoms with E-state index in [1.807, 2.05) is 5.38 Å². The van der Waals surface area contributed by atoms with Gasteiger partial charge in [0.1, 0.15) is 4.88 Å². The molecular weight excluding hydrogens is 208 g/mol. The van der Waals surface area contributed by atoms with Crippen molar-refractivity contribution in [1.82, 2.24) is 5.32 Å². The van der Waals surface area contributed by atoms with Gasteiger partial charge in [0.2, 0.25) is 0 Å². The molecule has 0 spiro atoms. The Kier molecular flexibility index (Phi) is 4.72. The lowest BCUT2D eigenvalue weighted by Crippen LogP contribution is -2.24. The summed E-state index contributed by atoms with van der Waals surface area (Å²) in [5.41, 5.74) is 6.16. The molecular formula is C11H14N2OS. The highest BCUT2D eigenvalue weighted by Crippen LogP contribution is 2.18. The minimum Gasteiger partial charge on any atom is -0.397 e. The Morgan fingerprint density at radius 1 is 1.60 bits per heavy atom. The maximum absolute atomic E-state index is 11.5. The van der Waals surface area contributed by atoms with Crippen molar-refractivity contribution < 1.29 is 4.79 Å². The molecule has 4 heteroatoms. The van der Waals surface area contributed by atoms with Gasteiger partial charge in [-0.1, -0.05) is 0 Å². The number of thiophene rings is 1. The van der Waals surface area contributed by atoms with E-state index in [1.165, 1.54) is 11.3 Å². The highest BCUT2D eigenvalue weighted by Gasteiger charge is 2.09. The van der Waals surface area contributed by atoms with Crippen LogP contribution in [0.3, 0.4) is 0 Å². The zero-order valence-corrected chi connectivity index (χ0v) is 9.27. The summed E-state index contributed by atoms with van der Waals surface area (Å²) >= 11 is 1.36. The van der Waals surface area contributed by atoms with Crippen molar-refractivity contribution in [2.24, 2.45) is 0 Å². The lowest BCUT2D eigenvalue weighted by atomic mass is 10.2. The largest absolute Gasteiger partial charge is 0.397 e. The number of nitrogens with one attached hydrogen (secondary N) is 1. The summed E-state index contributed by atoms with van der Waals surface area (Å²) in [6.07, 6.45) is 7.72. The molecule has 0 unspecified atom stereocenters. The number of hydrogen-bond donors (Lipinski definition) is 2. The number of carbonyl (C=O) groups is 1. The first-order chi connectivity index (χ1) is 7.25. The van der Waals surface area contributed by atoms with Crippen LogP contribution in [0.4, 0.5) is 5.69 Å². The third-order valence-electron chi connectivity index (χ3n) is 1.94. The standard InChI is InChI=1S/C11H14N2OS/c1-2-3-4-5-7-13-11(14)10-9(12)6-8-15-10/h1,6,8H,3-5,7,12H2,(H,13,14). The van der Waals surface area contributed by atoms with Crippen LogP contribution < -0.4 is 11.1 Å². The van der Waals surface area contributed by atoms with Gasteiger partial charge in [-0.25, -0.2) is 0 Å². The molecule has 1 aromatic rings. The molecule has 1 amide bonds. The number of terminal acetylenes is 1. The van der Waals surface area contributed by atoms with Crippen LogP contribution in [0.2, 0.25) is 0 Å². The van der Waals surface area contributed by atoms with Crippen molar-refractivity contribution in [1.29, 1.82) is 0 Å². The first-order valence-corrected chi connectivity index (χ1v) is 5.68. The van der Waals surface area contributed by atoms with Gasteiger partial charge in [-0.2, -0.15) is 0 Å². The summed E-state index contributed by atoms with van der Waals surface area (Å²) in [6.45, 7) is 0.651. The van der Waals surface area contributed by atoms with E-state index in [1.54, 1.807) is 6.07 Å². The number of hydrogen-bond acceptors (Lipinski definition) is 3. The second-order valence-electron chi connectivity index (χ2n) is 3.12. The topological polar surface area (TPSA) is 55.1 Å². The Morgan fingerprint density at radius 3 is 3.00 bits per heavy atom. The van der Waals surface area contributed by atoms with Crippen molar-refractivity contribution in [3.8, 4) is 12.3 Å². The van der Waals surface area contributed by atoms with Crippen LogP contribution in [0.25, 0.3) is 0 Å². The van der Waals surface area contributed by atoms with Crippen molar-refractivity contribution in [2.45, 2.75) is 19.3 Å². The Labute approximate surface area is 93.7 Å². The number of unbranched alkanes of at least 4 members (excludes halogenated alkanes) is 2. The summed E-state index contributed by atoms with van der Waals surface area (Å²) in [6, 6.07) is 1.73. The fraction of sp³-hybridized carbons (Fsp3) is 0.364. The average molecular weight is 222 g/mol. The van der Waals surface area contributed by atoms with Gasteiger partial charge in [0, 0.05) is 13.0 Å². The van der Waals surface area contributed by atoms with E-state index in [0.717, 1.165) is 19.3 Å². The van der Waals surface area contributed by atoms with Gasteiger partial charge in [0.05, 0.1) is 5.69 Å². The Hall–Kier alpha value is -1.47. The highest BCUT2D eigenvalue weighted by atomic mass is 32.1. The van der Waals surface area contributed by atoms with Crippen LogP contribution in [0.1, 0.15) is 28.9 Å². The van der Waals surface area contributed by atoms with Crippen molar-refractivity contribution >= 4 is 22.9 Å². The van der Waals surface area contributed by atoms with Crippen molar-refractivity contribution in [3.05, 3.63) is 16.3 Å². The van der Waals surface area contributed by atoms with Crippen LogP contribution in [0.5, 0.6) is 0 Å². The lowest BCUT2D eigenvalue weighted by Gasteiger charge is -2.02. The van der Waals surface area contributed by atoms with Crippen LogP contribution in [-0.2, 0) is 0 Å². The second kappa shape index (κ2) is 6.10. The van der Waals surface area contributed by atoms with E-state index in [4.69, 9.17) is 12.2 Å². The monoisotopic (exact) mass is 222 g/mol. The Balaban J connectivity index is 2.26. The second-order valence-corrected chi connectivity index (χ2v) is 4.04. The molecule has 3 nitrogen and oxygen atoms in total. The molecule has 0 radical (unpaired) electrons. The molecule has 0 aliphatic rings. The molecule has 0 saturated heterocycles. The van der Waals surface area contributed by atoms with Crippen molar-refractivity contribution in [3.63, 3.8) is 0 Å². The zero-order valence-electron chi connectivity index (χ0n) is 8.45. The minimum absolute atomic E-state index is 0.0943. The van der Waals surface area contributed by atoms with E-state index < -0.39 is 0 Å². The molecule has 0 atom stereocenters. The van der Waals surface area contributed by atoms with Gasteiger partial charge in [0.25, 0.3) is 5.91 Å². The molecule has 0 aliphatic carbocycles. The first kappa shape index (κ1) is 11.6. The quantitative estimate of drug-likeness (QED) is 0.590. The lowest BCUT2D eigenvalue weighted by molar-refractivity contribution is 0.0958. The van der Waals surface area contributed by atoms with E-state index in [0.29, 0.717) is 17.1 Å². The predicted molar refractivity (Wildman–Crippen MR) is 63.7 cm³/mol. The van der Waals surface area contributed by atoms with E-state index >= 15 is 0 Å². The molecule has 15 heavy (non-hydrogen) atoms. The molecule has 0 fully saturated rings. The van der Waals surface area contributed by atoms with Gasteiger partial charge < -0.3 is 11.1 Å². The van der Waals surface area contributed by atoms with Crippen LogP contribution in [0, 0.1) is 12.3 Å². The SMILES string of the molecule is C#CCCCCNC(=O)c1sccc1N. The number of anilines is 1. The molecule has 0 aromatic carbocycles. The summed E-state index contributed by atoms with van der Waals surface area (Å²) in [7, 11) is 0. The fourth-order valence-corrected chi connectivity index (χ4v) is 1.87. The maximum atomic E-state index is 11.5.